The Morgan fingerprint density at radius 2 is 2.00 bits per heavy atom. The summed E-state index contributed by atoms with van der Waals surface area (Å²) in [6.45, 7) is 0. The van der Waals surface area contributed by atoms with Crippen LogP contribution in [-0.2, 0) is 6.30 Å². The SMILES string of the molecule is FC(F)(F)[n+]1cnn[nH]1.[Na+]. The van der Waals surface area contributed by atoms with Gasteiger partial charge in [-0.25, -0.2) is 0 Å². The summed E-state index contributed by atoms with van der Waals surface area (Å²) in [5, 5.41) is 7.39. The molecular formula is C2H2F3N4Na+2. The van der Waals surface area contributed by atoms with Crippen LogP contribution in [0.15, 0.2) is 6.33 Å². The number of tetrazole rings is 1. The second-order valence-corrected chi connectivity index (χ2v) is 1.27. The van der Waals surface area contributed by atoms with Gasteiger partial charge in [0.25, 0.3) is 6.33 Å². The van der Waals surface area contributed by atoms with Crippen molar-refractivity contribution in [2.45, 2.75) is 6.30 Å². The molecule has 8 heteroatoms. The van der Waals surface area contributed by atoms with Crippen LogP contribution < -0.4 is 34.2 Å². The summed E-state index contributed by atoms with van der Waals surface area (Å²) in [6.07, 6.45) is -3.90. The number of hydrogen-bond donors (Lipinski definition) is 1. The van der Waals surface area contributed by atoms with Crippen molar-refractivity contribution in [3.63, 3.8) is 0 Å². The summed E-state index contributed by atoms with van der Waals surface area (Å²) in [6, 6.07) is 0. The Kier molecular flexibility index (Phi) is 3.26. The van der Waals surface area contributed by atoms with Gasteiger partial charge in [-0.2, -0.15) is 0 Å². The number of halogens is 3. The Balaban J connectivity index is 0.000000810. The molecule has 0 radical (unpaired) electrons. The third kappa shape index (κ3) is 2.24. The maximum absolute atomic E-state index is 11.5. The molecule has 0 bridgehead atoms. The standard InChI is InChI=1S/C2HF3N4.Na/c3-2(4,5)9-1-6-7-8-9;/h1H;/q;+1/p+1. The van der Waals surface area contributed by atoms with Gasteiger partial charge in [0.2, 0.25) is 0 Å². The first kappa shape index (κ1) is 9.86. The van der Waals surface area contributed by atoms with Crippen molar-refractivity contribution < 1.29 is 47.4 Å². The minimum Gasteiger partial charge on any atom is -0.135 e. The van der Waals surface area contributed by atoms with Crippen LogP contribution in [0.3, 0.4) is 0 Å². The fourth-order valence-electron chi connectivity index (χ4n) is 0.299. The summed E-state index contributed by atoms with van der Waals surface area (Å²) in [5.74, 6) is 0. The van der Waals surface area contributed by atoms with E-state index in [9.17, 15) is 13.2 Å². The Labute approximate surface area is 75.7 Å². The average molecular weight is 162 g/mol. The molecule has 0 unspecified atom stereocenters. The fourth-order valence-corrected chi connectivity index (χ4v) is 0.299. The van der Waals surface area contributed by atoms with E-state index in [0.29, 0.717) is 6.33 Å². The number of hydrogen-bond acceptors (Lipinski definition) is 2. The second kappa shape index (κ2) is 3.31. The normalized spacial score (nSPS) is 10.7. The molecule has 1 heterocycles. The van der Waals surface area contributed by atoms with E-state index >= 15 is 0 Å². The largest absolute Gasteiger partial charge is 1.00 e. The first-order valence-electron chi connectivity index (χ1n) is 1.95. The molecule has 0 aromatic carbocycles. The molecule has 0 aliphatic carbocycles. The third-order valence-electron chi connectivity index (χ3n) is 0.650. The van der Waals surface area contributed by atoms with Crippen LogP contribution >= 0.6 is 0 Å². The summed E-state index contributed by atoms with van der Waals surface area (Å²) in [5.41, 5.74) is 0. The van der Waals surface area contributed by atoms with Crippen molar-refractivity contribution in [2.75, 3.05) is 0 Å². The fraction of sp³-hybridized carbons (Fsp3) is 0.500. The van der Waals surface area contributed by atoms with Gasteiger partial charge >= 0.3 is 35.9 Å². The van der Waals surface area contributed by atoms with Crippen molar-refractivity contribution in [3.05, 3.63) is 6.33 Å². The molecule has 1 rings (SSSR count). The van der Waals surface area contributed by atoms with Crippen LogP contribution in [0.1, 0.15) is 0 Å². The number of rotatable bonds is 0. The van der Waals surface area contributed by atoms with Crippen molar-refractivity contribution >= 4 is 0 Å². The van der Waals surface area contributed by atoms with Crippen molar-refractivity contribution in [2.24, 2.45) is 0 Å². The van der Waals surface area contributed by atoms with Crippen LogP contribution in [0.5, 0.6) is 0 Å². The van der Waals surface area contributed by atoms with Crippen molar-refractivity contribution in [3.8, 4) is 0 Å². The second-order valence-electron chi connectivity index (χ2n) is 1.27. The number of aromatic nitrogens is 4. The zero-order valence-corrected chi connectivity index (χ0v) is 7.05. The molecule has 0 atom stereocenters. The van der Waals surface area contributed by atoms with Gasteiger partial charge in [0.05, 0.1) is 0 Å². The quantitative estimate of drug-likeness (QED) is 0.319. The Morgan fingerprint density at radius 3 is 2.20 bits per heavy atom. The average Bonchev–Trinajstić information content (AvgIpc) is 2.08. The van der Waals surface area contributed by atoms with Gasteiger partial charge in [0, 0.05) is 0 Å². The predicted octanol–water partition coefficient (Wildman–Crippen LogP) is -3.43. The first-order chi connectivity index (χ1) is 4.11. The molecular weight excluding hydrogens is 160 g/mol. The Hall–Kier alpha value is -0.140. The van der Waals surface area contributed by atoms with Gasteiger partial charge in [0.1, 0.15) is 5.10 Å². The molecule has 1 N–H and O–H groups in total. The minimum atomic E-state index is -4.44. The van der Waals surface area contributed by atoms with Gasteiger partial charge in [-0.05, 0) is 0 Å². The van der Waals surface area contributed by atoms with E-state index in [-0.39, 0.29) is 34.2 Å². The zero-order chi connectivity index (χ0) is 6.91. The molecule has 4 nitrogen and oxygen atoms in total. The van der Waals surface area contributed by atoms with E-state index < -0.39 is 6.30 Å². The van der Waals surface area contributed by atoms with Crippen LogP contribution in [-0.4, -0.2) is 15.5 Å². The summed E-state index contributed by atoms with van der Waals surface area (Å²) >= 11 is 0. The van der Waals surface area contributed by atoms with Gasteiger partial charge in [0.15, 0.2) is 5.21 Å². The van der Waals surface area contributed by atoms with Gasteiger partial charge in [-0.15, -0.1) is 13.2 Å². The molecule has 0 fully saturated rings. The van der Waals surface area contributed by atoms with Crippen LogP contribution in [0, 0.1) is 0 Å². The van der Waals surface area contributed by atoms with Crippen LogP contribution in [0.25, 0.3) is 0 Å². The molecule has 0 aliphatic heterocycles. The van der Waals surface area contributed by atoms with E-state index in [0.717, 1.165) is 0 Å². The number of nitrogens with zero attached hydrogens (tertiary/aromatic N) is 3. The number of nitrogens with one attached hydrogen (secondary N) is 1. The predicted molar refractivity (Wildman–Crippen MR) is 17.9 cm³/mol. The minimum absolute atomic E-state index is 0. The molecule has 0 saturated heterocycles. The van der Waals surface area contributed by atoms with E-state index in [4.69, 9.17) is 0 Å². The summed E-state index contributed by atoms with van der Waals surface area (Å²) < 4.78 is 34.3. The topological polar surface area (TPSA) is 45.5 Å². The maximum atomic E-state index is 11.5. The van der Waals surface area contributed by atoms with E-state index in [2.05, 4.69) is 10.3 Å². The van der Waals surface area contributed by atoms with Crippen molar-refractivity contribution in [1.29, 1.82) is 0 Å². The number of H-pyrrole nitrogens is 1. The molecule has 0 spiro atoms. The molecule has 0 amide bonds. The summed E-state index contributed by atoms with van der Waals surface area (Å²) in [4.78, 5) is 0. The van der Waals surface area contributed by atoms with E-state index in [1.807, 2.05) is 0 Å². The zero-order valence-electron chi connectivity index (χ0n) is 5.05. The van der Waals surface area contributed by atoms with Gasteiger partial charge < -0.3 is 0 Å². The van der Waals surface area contributed by atoms with Gasteiger partial charge in [-0.1, -0.05) is 9.90 Å². The van der Waals surface area contributed by atoms with Gasteiger partial charge in [-0.3, -0.25) is 0 Å². The van der Waals surface area contributed by atoms with E-state index in [1.54, 1.807) is 5.21 Å². The molecule has 0 aliphatic rings. The molecule has 0 saturated carbocycles. The monoisotopic (exact) mass is 162 g/mol. The molecule has 50 valence electrons. The third-order valence-corrected chi connectivity index (χ3v) is 0.650. The number of alkyl halides is 3. The Morgan fingerprint density at radius 1 is 1.40 bits per heavy atom. The van der Waals surface area contributed by atoms with Crippen LogP contribution in [0.4, 0.5) is 13.2 Å². The van der Waals surface area contributed by atoms with E-state index in [1.165, 1.54) is 0 Å². The smallest absolute Gasteiger partial charge is 0.135 e. The molecule has 10 heavy (non-hydrogen) atoms. The van der Waals surface area contributed by atoms with Crippen molar-refractivity contribution in [1.82, 2.24) is 15.5 Å². The summed E-state index contributed by atoms with van der Waals surface area (Å²) in [7, 11) is 0. The maximum Gasteiger partial charge on any atom is 1.00 e. The Bertz CT molecular complexity index is 181. The molecule has 1 aromatic rings. The molecule has 1 aromatic heterocycles. The number of aromatic amines is 1. The van der Waals surface area contributed by atoms with Crippen LogP contribution in [0.2, 0.25) is 0 Å². The first-order valence-corrected chi connectivity index (χ1v) is 1.95.